The zero-order valence-corrected chi connectivity index (χ0v) is 23.4. The Kier molecular flexibility index (Phi) is 7.71. The van der Waals surface area contributed by atoms with Crippen molar-refractivity contribution in [3.8, 4) is 0 Å². The monoisotopic (exact) mass is 535 g/mol. The molecule has 0 bridgehead atoms. The van der Waals surface area contributed by atoms with E-state index in [1.165, 1.54) is 12.7 Å². The van der Waals surface area contributed by atoms with Crippen molar-refractivity contribution >= 4 is 23.6 Å². The van der Waals surface area contributed by atoms with Crippen LogP contribution in [0.2, 0.25) is 0 Å². The second-order valence-corrected chi connectivity index (χ2v) is 12.5. The maximum absolute atomic E-state index is 12.9. The van der Waals surface area contributed by atoms with E-state index in [0.717, 1.165) is 44.9 Å². The number of rotatable bonds is 7. The molecule has 1 aromatic carbocycles. The van der Waals surface area contributed by atoms with E-state index in [-0.39, 0.29) is 41.5 Å². The molecule has 7 heteroatoms. The molecule has 39 heavy (non-hydrogen) atoms. The Balaban J connectivity index is 1.17. The molecule has 0 aromatic heterocycles. The van der Waals surface area contributed by atoms with E-state index >= 15 is 0 Å². The molecule has 0 saturated heterocycles. The van der Waals surface area contributed by atoms with E-state index in [2.05, 4.69) is 19.2 Å². The van der Waals surface area contributed by atoms with Gasteiger partial charge < -0.3 is 14.8 Å². The molecular weight excluding hydrogens is 494 g/mol. The Bertz CT molecular complexity index is 1160. The minimum atomic E-state index is -0.917. The van der Waals surface area contributed by atoms with Crippen molar-refractivity contribution in [3.05, 3.63) is 47.5 Å². The number of ketones is 1. The molecule has 0 heterocycles. The summed E-state index contributed by atoms with van der Waals surface area (Å²) in [6, 6.07) is 7.99. The summed E-state index contributed by atoms with van der Waals surface area (Å²) in [6.07, 6.45) is 9.50. The first kappa shape index (κ1) is 27.6. The summed E-state index contributed by atoms with van der Waals surface area (Å²) >= 11 is 0. The molecule has 7 nitrogen and oxygen atoms in total. The molecule has 0 unspecified atom stereocenters. The zero-order valence-electron chi connectivity index (χ0n) is 23.4. The Labute approximate surface area is 231 Å². The number of amides is 1. The second kappa shape index (κ2) is 10.9. The van der Waals surface area contributed by atoms with Gasteiger partial charge in [0.05, 0.1) is 13.5 Å². The second-order valence-electron chi connectivity index (χ2n) is 12.5. The number of carbonyl (C=O) groups is 4. The van der Waals surface area contributed by atoms with E-state index in [1.807, 2.05) is 12.1 Å². The number of methoxy groups -OCH3 is 1. The fourth-order valence-corrected chi connectivity index (χ4v) is 8.41. The fourth-order valence-electron chi connectivity index (χ4n) is 8.41. The number of ether oxygens (including phenoxy) is 2. The van der Waals surface area contributed by atoms with Crippen molar-refractivity contribution < 1.29 is 28.7 Å². The van der Waals surface area contributed by atoms with Crippen LogP contribution >= 0.6 is 0 Å². The number of hydrogen-bond acceptors (Lipinski definition) is 6. The van der Waals surface area contributed by atoms with E-state index in [9.17, 15) is 19.2 Å². The van der Waals surface area contributed by atoms with Gasteiger partial charge in [0.1, 0.15) is 6.10 Å². The molecule has 1 amide bonds. The van der Waals surface area contributed by atoms with Gasteiger partial charge in [0.15, 0.2) is 11.8 Å². The van der Waals surface area contributed by atoms with Gasteiger partial charge in [0.2, 0.25) is 5.91 Å². The molecule has 210 valence electrons. The molecule has 0 aliphatic heterocycles. The molecular formula is C32H41NO6. The van der Waals surface area contributed by atoms with Crippen LogP contribution in [0.5, 0.6) is 0 Å². The highest BCUT2D eigenvalue weighted by Gasteiger charge is 2.60. The van der Waals surface area contributed by atoms with Gasteiger partial charge >= 0.3 is 11.9 Å². The van der Waals surface area contributed by atoms with Crippen molar-refractivity contribution in [2.24, 2.45) is 28.6 Å². The van der Waals surface area contributed by atoms with Crippen molar-refractivity contribution in [3.63, 3.8) is 0 Å². The van der Waals surface area contributed by atoms with Gasteiger partial charge in [-0.05, 0) is 79.8 Å². The Morgan fingerprint density at radius 2 is 1.74 bits per heavy atom. The highest BCUT2D eigenvalue weighted by molar-refractivity contribution is 5.91. The van der Waals surface area contributed by atoms with Crippen LogP contribution in [-0.2, 0) is 28.7 Å². The number of carbonyl (C=O) groups excluding carboxylic acids is 4. The molecule has 1 aromatic rings. The predicted molar refractivity (Wildman–Crippen MR) is 145 cm³/mol. The number of allylic oxidation sites excluding steroid dienone is 1. The highest BCUT2D eigenvalue weighted by Crippen LogP contribution is 2.65. The van der Waals surface area contributed by atoms with E-state index in [4.69, 9.17) is 9.47 Å². The van der Waals surface area contributed by atoms with E-state index in [0.29, 0.717) is 29.7 Å². The third kappa shape index (κ3) is 5.17. The predicted octanol–water partition coefficient (Wildman–Crippen LogP) is 5.24. The fraction of sp³-hybridized carbons (Fsp3) is 0.625. The first-order valence-electron chi connectivity index (χ1n) is 14.5. The lowest BCUT2D eigenvalue weighted by Gasteiger charge is -2.57. The molecule has 1 N–H and O–H groups in total. The minimum Gasteiger partial charge on any atom is -0.467 e. The number of benzene rings is 1. The quantitative estimate of drug-likeness (QED) is 0.480. The van der Waals surface area contributed by atoms with Gasteiger partial charge in [-0.25, -0.2) is 4.79 Å². The van der Waals surface area contributed by atoms with Gasteiger partial charge in [-0.3, -0.25) is 14.4 Å². The summed E-state index contributed by atoms with van der Waals surface area (Å²) in [7, 11) is 1.28. The molecule has 0 spiro atoms. The Hall–Kier alpha value is -2.96. The average Bonchev–Trinajstić information content (AvgIpc) is 3.26. The van der Waals surface area contributed by atoms with Gasteiger partial charge in [0, 0.05) is 18.3 Å². The van der Waals surface area contributed by atoms with Crippen LogP contribution in [0.4, 0.5) is 0 Å². The van der Waals surface area contributed by atoms with Crippen molar-refractivity contribution in [1.29, 1.82) is 0 Å². The Morgan fingerprint density at radius 3 is 2.49 bits per heavy atom. The number of fused-ring (bicyclic) bond motifs is 5. The maximum Gasteiger partial charge on any atom is 0.333 e. The van der Waals surface area contributed by atoms with Gasteiger partial charge in [-0.2, -0.15) is 0 Å². The summed E-state index contributed by atoms with van der Waals surface area (Å²) in [5.74, 6) is 0.671. The molecule has 7 atom stereocenters. The van der Waals surface area contributed by atoms with Crippen molar-refractivity contribution in [1.82, 2.24) is 5.32 Å². The molecule has 4 aliphatic rings. The molecule has 0 radical (unpaired) electrons. The van der Waals surface area contributed by atoms with Gasteiger partial charge in [-0.1, -0.05) is 49.8 Å². The normalized spacial score (nSPS) is 34.0. The Morgan fingerprint density at radius 1 is 0.974 bits per heavy atom. The summed E-state index contributed by atoms with van der Waals surface area (Å²) in [6.45, 7) is 4.68. The van der Waals surface area contributed by atoms with Crippen LogP contribution in [0.3, 0.4) is 0 Å². The summed E-state index contributed by atoms with van der Waals surface area (Å²) in [4.78, 5) is 49.9. The zero-order chi connectivity index (χ0) is 27.8. The lowest BCUT2D eigenvalue weighted by Crippen LogP contribution is -2.51. The van der Waals surface area contributed by atoms with Crippen molar-refractivity contribution in [2.45, 2.75) is 90.2 Å². The topological polar surface area (TPSA) is 98.8 Å². The average molecular weight is 536 g/mol. The van der Waals surface area contributed by atoms with Gasteiger partial charge in [0.25, 0.3) is 0 Å². The van der Waals surface area contributed by atoms with Crippen LogP contribution in [-0.4, -0.2) is 36.8 Å². The summed E-state index contributed by atoms with van der Waals surface area (Å²) < 4.78 is 10.9. The smallest absolute Gasteiger partial charge is 0.333 e. The largest absolute Gasteiger partial charge is 0.467 e. The molecule has 3 fully saturated rings. The summed E-state index contributed by atoms with van der Waals surface area (Å²) in [5, 5.41) is 2.70. The first-order chi connectivity index (χ1) is 18.7. The third-order valence-electron chi connectivity index (χ3n) is 10.6. The van der Waals surface area contributed by atoms with Crippen LogP contribution in [0.25, 0.3) is 0 Å². The van der Waals surface area contributed by atoms with E-state index < -0.39 is 17.9 Å². The summed E-state index contributed by atoms with van der Waals surface area (Å²) in [5.41, 5.74) is 2.07. The van der Waals surface area contributed by atoms with Crippen LogP contribution in [0.15, 0.2) is 42.0 Å². The molecule has 4 aliphatic carbocycles. The van der Waals surface area contributed by atoms with Gasteiger partial charge in [-0.15, -0.1) is 0 Å². The first-order valence-corrected chi connectivity index (χ1v) is 14.5. The van der Waals surface area contributed by atoms with Crippen molar-refractivity contribution in [2.75, 3.05) is 7.11 Å². The van der Waals surface area contributed by atoms with E-state index in [1.54, 1.807) is 24.3 Å². The van der Waals surface area contributed by atoms with Crippen LogP contribution in [0.1, 0.15) is 89.7 Å². The highest BCUT2D eigenvalue weighted by atomic mass is 16.5. The number of hydrogen-bond donors (Lipinski definition) is 1. The minimum absolute atomic E-state index is 0.0297. The number of esters is 2. The van der Waals surface area contributed by atoms with Crippen LogP contribution in [0, 0.1) is 28.6 Å². The lowest BCUT2D eigenvalue weighted by molar-refractivity contribution is -0.160. The third-order valence-corrected chi connectivity index (χ3v) is 10.6. The molecule has 5 rings (SSSR count). The maximum atomic E-state index is 12.9. The molecule has 3 saturated carbocycles. The number of nitrogens with one attached hydrogen (secondary N) is 1. The standard InChI is InChI=1S/C32H41NO6/c1-31-17-15-22(34)19-21(31)9-10-23-24-11-12-26(32(24,2)18-16-25(23)31)39-28(36)14-13-27(35)33-29(30(37)38-3)20-7-5-4-6-8-20/h4-8,19,23-26,29H,9-18H2,1-3H3,(H,33,35)/t23-,24-,25+,26-,29-,31-,32-/m0/s1. The SMILES string of the molecule is COC(=O)[C@@H](NC(=O)CCC(=O)O[C@H]1CC[C@H]2[C@@H]3CCC4=CC(=O)CC[C@]4(C)[C@@H]3CC[C@]12C)c1ccccc1. The van der Waals surface area contributed by atoms with Crippen LogP contribution < -0.4 is 5.32 Å². The lowest BCUT2D eigenvalue weighted by atomic mass is 9.47.